The number of hydrogen-bond acceptors (Lipinski definition) is 4. The van der Waals surface area contributed by atoms with E-state index < -0.39 is 10.0 Å². The fourth-order valence-corrected chi connectivity index (χ4v) is 4.04. The summed E-state index contributed by atoms with van der Waals surface area (Å²) in [5.74, 6) is 0. The van der Waals surface area contributed by atoms with Crippen LogP contribution < -0.4 is 15.4 Å². The Labute approximate surface area is 127 Å². The molecule has 21 heavy (non-hydrogen) atoms. The van der Waals surface area contributed by atoms with E-state index in [2.05, 4.69) is 15.4 Å². The van der Waals surface area contributed by atoms with Crippen LogP contribution in [0.25, 0.3) is 0 Å². The van der Waals surface area contributed by atoms with Gasteiger partial charge in [-0.15, -0.1) is 0 Å². The van der Waals surface area contributed by atoms with Gasteiger partial charge in [0, 0.05) is 18.6 Å². The van der Waals surface area contributed by atoms with Crippen molar-refractivity contribution in [1.29, 1.82) is 0 Å². The van der Waals surface area contributed by atoms with Crippen molar-refractivity contribution in [3.05, 3.63) is 24.3 Å². The van der Waals surface area contributed by atoms with Gasteiger partial charge in [0.15, 0.2) is 0 Å². The Kier molecular flexibility index (Phi) is 5.61. The normalized spacial score (nSPS) is 19.1. The van der Waals surface area contributed by atoms with Crippen LogP contribution in [0.1, 0.15) is 33.1 Å². The highest BCUT2D eigenvalue weighted by molar-refractivity contribution is 7.89. The number of nitrogens with one attached hydrogen (secondary N) is 3. The van der Waals surface area contributed by atoms with E-state index in [0.29, 0.717) is 16.6 Å². The third-order valence-corrected chi connectivity index (χ3v) is 5.25. The molecule has 0 radical (unpaired) electrons. The Bertz CT molecular complexity index is 552. The van der Waals surface area contributed by atoms with Crippen LogP contribution in [0.5, 0.6) is 0 Å². The molecule has 0 aliphatic carbocycles. The second kappa shape index (κ2) is 7.24. The third-order valence-electron chi connectivity index (χ3n) is 3.54. The van der Waals surface area contributed by atoms with Gasteiger partial charge in [-0.05, 0) is 51.8 Å². The smallest absolute Gasteiger partial charge is 0.242 e. The van der Waals surface area contributed by atoms with E-state index in [9.17, 15) is 8.42 Å². The molecule has 1 aromatic rings. The molecule has 1 aliphatic heterocycles. The zero-order valence-corrected chi connectivity index (χ0v) is 13.5. The highest BCUT2D eigenvalue weighted by Gasteiger charge is 2.19. The first-order valence-corrected chi connectivity index (χ1v) is 9.06. The van der Waals surface area contributed by atoms with E-state index in [1.165, 1.54) is 12.8 Å². The number of benzene rings is 1. The lowest BCUT2D eigenvalue weighted by Crippen LogP contribution is -2.31. The molecule has 1 unspecified atom stereocenters. The summed E-state index contributed by atoms with van der Waals surface area (Å²) in [5, 5.41) is 6.70. The van der Waals surface area contributed by atoms with E-state index in [0.717, 1.165) is 19.5 Å². The summed E-state index contributed by atoms with van der Waals surface area (Å²) in [6, 6.07) is 7.49. The minimum atomic E-state index is -3.47. The topological polar surface area (TPSA) is 70.2 Å². The van der Waals surface area contributed by atoms with Crippen LogP contribution in [0.4, 0.5) is 5.69 Å². The average molecular weight is 311 g/mol. The van der Waals surface area contributed by atoms with Gasteiger partial charge >= 0.3 is 0 Å². The summed E-state index contributed by atoms with van der Waals surface area (Å²) in [4.78, 5) is 0.318. The molecule has 1 atom stereocenters. The highest BCUT2D eigenvalue weighted by Crippen LogP contribution is 2.21. The van der Waals surface area contributed by atoms with E-state index in [4.69, 9.17) is 0 Å². The standard InChI is InChI=1S/C15H25N3O2S/c1-12(2)18-21(19,20)15-8-4-3-7-14(15)17-11-9-13-6-5-10-16-13/h3-4,7-8,12-13,16-18H,5-6,9-11H2,1-2H3. The van der Waals surface area contributed by atoms with Gasteiger partial charge in [0.05, 0.1) is 5.69 Å². The van der Waals surface area contributed by atoms with Crippen molar-refractivity contribution < 1.29 is 8.42 Å². The molecule has 2 rings (SSSR count). The highest BCUT2D eigenvalue weighted by atomic mass is 32.2. The lowest BCUT2D eigenvalue weighted by molar-refractivity contribution is 0.568. The number of hydrogen-bond donors (Lipinski definition) is 3. The Hall–Kier alpha value is -1.11. The molecule has 5 nitrogen and oxygen atoms in total. The second-order valence-electron chi connectivity index (χ2n) is 5.78. The molecule has 1 aromatic carbocycles. The second-order valence-corrected chi connectivity index (χ2v) is 7.46. The van der Waals surface area contributed by atoms with Gasteiger partial charge in [0.25, 0.3) is 0 Å². The molecule has 0 saturated carbocycles. The summed E-state index contributed by atoms with van der Waals surface area (Å²) in [6.07, 6.45) is 3.44. The molecule has 0 amide bonds. The minimum absolute atomic E-state index is 0.120. The molecule has 1 heterocycles. The lowest BCUT2D eigenvalue weighted by Gasteiger charge is -2.16. The van der Waals surface area contributed by atoms with Gasteiger partial charge < -0.3 is 10.6 Å². The van der Waals surface area contributed by atoms with E-state index in [1.54, 1.807) is 12.1 Å². The Morgan fingerprint density at radius 1 is 1.33 bits per heavy atom. The summed E-state index contributed by atoms with van der Waals surface area (Å²) in [5.41, 5.74) is 0.670. The predicted molar refractivity (Wildman–Crippen MR) is 86.0 cm³/mol. The zero-order valence-electron chi connectivity index (χ0n) is 12.7. The van der Waals surface area contributed by atoms with Crippen molar-refractivity contribution in [3.8, 4) is 0 Å². The van der Waals surface area contributed by atoms with Crippen LogP contribution in [0.2, 0.25) is 0 Å². The summed E-state index contributed by atoms with van der Waals surface area (Å²) in [6.45, 7) is 5.50. The molecule has 0 bridgehead atoms. The fraction of sp³-hybridized carbons (Fsp3) is 0.600. The Balaban J connectivity index is 2.02. The predicted octanol–water partition coefficient (Wildman–Crippen LogP) is 1.93. The van der Waals surface area contributed by atoms with Gasteiger partial charge in [-0.3, -0.25) is 0 Å². The van der Waals surface area contributed by atoms with Crippen LogP contribution >= 0.6 is 0 Å². The summed E-state index contributed by atoms with van der Waals surface area (Å²) < 4.78 is 27.3. The average Bonchev–Trinajstić information content (AvgIpc) is 2.91. The van der Waals surface area contributed by atoms with Crippen LogP contribution in [-0.2, 0) is 10.0 Å². The fourth-order valence-electron chi connectivity index (χ4n) is 2.60. The van der Waals surface area contributed by atoms with Gasteiger partial charge in [-0.1, -0.05) is 12.1 Å². The van der Waals surface area contributed by atoms with Crippen molar-refractivity contribution >= 4 is 15.7 Å². The summed E-state index contributed by atoms with van der Waals surface area (Å²) >= 11 is 0. The van der Waals surface area contributed by atoms with Crippen molar-refractivity contribution in [2.75, 3.05) is 18.4 Å². The van der Waals surface area contributed by atoms with Gasteiger partial charge in [0.1, 0.15) is 4.90 Å². The molecular weight excluding hydrogens is 286 g/mol. The lowest BCUT2D eigenvalue weighted by atomic mass is 10.1. The van der Waals surface area contributed by atoms with Crippen LogP contribution in [0.3, 0.4) is 0 Å². The molecular formula is C15H25N3O2S. The molecule has 6 heteroatoms. The van der Waals surface area contributed by atoms with Crippen molar-refractivity contribution in [2.45, 2.75) is 50.1 Å². The number of rotatable bonds is 7. The molecule has 1 saturated heterocycles. The van der Waals surface area contributed by atoms with Gasteiger partial charge in [-0.2, -0.15) is 0 Å². The third kappa shape index (κ3) is 4.69. The maximum atomic E-state index is 12.3. The summed E-state index contributed by atoms with van der Waals surface area (Å²) in [7, 11) is -3.47. The first kappa shape index (κ1) is 16.3. The molecule has 3 N–H and O–H groups in total. The first-order chi connectivity index (χ1) is 9.99. The molecule has 1 aliphatic rings. The van der Waals surface area contributed by atoms with Gasteiger partial charge in [-0.25, -0.2) is 13.1 Å². The quantitative estimate of drug-likeness (QED) is 0.719. The number of sulfonamides is 1. The van der Waals surface area contributed by atoms with Crippen molar-refractivity contribution in [1.82, 2.24) is 10.0 Å². The molecule has 0 aromatic heterocycles. The van der Waals surface area contributed by atoms with E-state index in [-0.39, 0.29) is 6.04 Å². The Morgan fingerprint density at radius 2 is 2.10 bits per heavy atom. The largest absolute Gasteiger partial charge is 0.384 e. The maximum absolute atomic E-state index is 12.3. The molecule has 1 fully saturated rings. The maximum Gasteiger partial charge on any atom is 0.242 e. The zero-order chi connectivity index (χ0) is 15.3. The van der Waals surface area contributed by atoms with E-state index >= 15 is 0 Å². The van der Waals surface area contributed by atoms with Crippen molar-refractivity contribution in [3.63, 3.8) is 0 Å². The van der Waals surface area contributed by atoms with Crippen molar-refractivity contribution in [2.24, 2.45) is 0 Å². The van der Waals surface area contributed by atoms with Crippen LogP contribution in [-0.4, -0.2) is 33.6 Å². The van der Waals surface area contributed by atoms with E-state index in [1.807, 2.05) is 26.0 Å². The van der Waals surface area contributed by atoms with Crippen LogP contribution in [0, 0.1) is 0 Å². The first-order valence-electron chi connectivity index (χ1n) is 7.57. The molecule has 0 spiro atoms. The SMILES string of the molecule is CC(C)NS(=O)(=O)c1ccccc1NCCC1CCCN1. The molecule has 118 valence electrons. The van der Waals surface area contributed by atoms with Gasteiger partial charge in [0.2, 0.25) is 10.0 Å². The number of para-hydroxylation sites is 1. The van der Waals surface area contributed by atoms with Crippen LogP contribution in [0.15, 0.2) is 29.2 Å². The monoisotopic (exact) mass is 311 g/mol. The number of anilines is 1. The minimum Gasteiger partial charge on any atom is -0.384 e. The Morgan fingerprint density at radius 3 is 2.76 bits per heavy atom.